The zero-order valence-electron chi connectivity index (χ0n) is 6.67. The highest BCUT2D eigenvalue weighted by Crippen LogP contribution is 2.28. The summed E-state index contributed by atoms with van der Waals surface area (Å²) in [6.45, 7) is 2.05. The third-order valence-electron chi connectivity index (χ3n) is 1.61. The average molecular weight is 198 g/mol. The molecule has 1 aromatic rings. The first-order valence-electron chi connectivity index (χ1n) is 3.64. The lowest BCUT2D eigenvalue weighted by Gasteiger charge is -2.01. The van der Waals surface area contributed by atoms with E-state index in [0.717, 1.165) is 12.0 Å². The number of thiocarbonyl (C=S) groups is 1. The van der Waals surface area contributed by atoms with Gasteiger partial charge in [-0.3, -0.25) is 0 Å². The molecular formula is C9H8ClNS. The molecule has 0 spiro atoms. The highest BCUT2D eigenvalue weighted by Gasteiger charge is 2.01. The Labute approximate surface area is 82.1 Å². The number of halogens is 1. The predicted octanol–water partition coefficient (Wildman–Crippen LogP) is 3.64. The molecule has 0 heterocycles. The SMILES string of the molecule is CCc1cccc(N=C=S)c1Cl. The quantitative estimate of drug-likeness (QED) is 0.521. The first-order valence-corrected chi connectivity index (χ1v) is 4.43. The van der Waals surface area contributed by atoms with E-state index >= 15 is 0 Å². The first-order chi connectivity index (χ1) is 5.79. The fourth-order valence-corrected chi connectivity index (χ4v) is 1.38. The lowest BCUT2D eigenvalue weighted by atomic mass is 10.1. The number of benzene rings is 1. The molecule has 3 heteroatoms. The molecule has 0 fully saturated rings. The topological polar surface area (TPSA) is 12.4 Å². The van der Waals surface area contributed by atoms with E-state index in [1.165, 1.54) is 0 Å². The number of isothiocyanates is 1. The van der Waals surface area contributed by atoms with Gasteiger partial charge >= 0.3 is 0 Å². The summed E-state index contributed by atoms with van der Waals surface area (Å²) >= 11 is 10.5. The van der Waals surface area contributed by atoms with Crippen LogP contribution in [0.15, 0.2) is 23.2 Å². The second-order valence-corrected chi connectivity index (χ2v) is 2.87. The zero-order valence-corrected chi connectivity index (χ0v) is 8.25. The monoisotopic (exact) mass is 197 g/mol. The van der Waals surface area contributed by atoms with Crippen LogP contribution in [0.4, 0.5) is 5.69 Å². The van der Waals surface area contributed by atoms with E-state index in [1.807, 2.05) is 25.1 Å². The predicted molar refractivity (Wildman–Crippen MR) is 55.5 cm³/mol. The van der Waals surface area contributed by atoms with Gasteiger partial charge in [0.1, 0.15) is 0 Å². The van der Waals surface area contributed by atoms with Gasteiger partial charge in [-0.15, -0.1) is 0 Å². The van der Waals surface area contributed by atoms with Crippen LogP contribution in [-0.2, 0) is 6.42 Å². The molecule has 1 nitrogen and oxygen atoms in total. The largest absolute Gasteiger partial charge is 0.193 e. The van der Waals surface area contributed by atoms with Crippen molar-refractivity contribution in [2.24, 2.45) is 4.99 Å². The van der Waals surface area contributed by atoms with Gasteiger partial charge in [0.15, 0.2) is 0 Å². The van der Waals surface area contributed by atoms with Crippen LogP contribution < -0.4 is 0 Å². The average Bonchev–Trinajstić information content (AvgIpc) is 2.09. The highest BCUT2D eigenvalue weighted by molar-refractivity contribution is 7.78. The fraction of sp³-hybridized carbons (Fsp3) is 0.222. The molecular weight excluding hydrogens is 190 g/mol. The van der Waals surface area contributed by atoms with Crippen LogP contribution in [0.3, 0.4) is 0 Å². The van der Waals surface area contributed by atoms with Crippen LogP contribution in [0.25, 0.3) is 0 Å². The number of rotatable bonds is 2. The van der Waals surface area contributed by atoms with Gasteiger partial charge in [-0.25, -0.2) is 0 Å². The minimum absolute atomic E-state index is 0.678. The van der Waals surface area contributed by atoms with Gasteiger partial charge in [0.05, 0.1) is 15.9 Å². The maximum atomic E-state index is 6.01. The Bertz CT molecular complexity index is 329. The standard InChI is InChI=1S/C9H8ClNS/c1-2-7-4-3-5-8(9(7)10)11-6-12/h3-5H,2H2,1H3. The number of hydrogen-bond acceptors (Lipinski definition) is 2. The van der Waals surface area contributed by atoms with Crippen molar-refractivity contribution in [3.05, 3.63) is 28.8 Å². The van der Waals surface area contributed by atoms with E-state index < -0.39 is 0 Å². The number of aliphatic imine (C=N–C) groups is 1. The van der Waals surface area contributed by atoms with Gasteiger partial charge < -0.3 is 0 Å². The highest BCUT2D eigenvalue weighted by atomic mass is 35.5. The molecule has 0 saturated heterocycles. The zero-order chi connectivity index (χ0) is 8.97. The van der Waals surface area contributed by atoms with E-state index in [1.54, 1.807) is 0 Å². The van der Waals surface area contributed by atoms with Crippen molar-refractivity contribution >= 4 is 34.7 Å². The molecule has 0 aliphatic heterocycles. The summed E-state index contributed by atoms with van der Waals surface area (Å²) in [7, 11) is 0. The maximum Gasteiger partial charge on any atom is 0.0928 e. The van der Waals surface area contributed by atoms with E-state index in [0.29, 0.717) is 10.7 Å². The summed E-state index contributed by atoms with van der Waals surface area (Å²) in [6.07, 6.45) is 0.902. The molecule has 1 rings (SSSR count). The molecule has 0 N–H and O–H groups in total. The van der Waals surface area contributed by atoms with Crippen LogP contribution in [0.2, 0.25) is 5.02 Å². The van der Waals surface area contributed by atoms with Gasteiger partial charge in [-0.1, -0.05) is 30.7 Å². The van der Waals surface area contributed by atoms with E-state index in [-0.39, 0.29) is 0 Å². The van der Waals surface area contributed by atoms with Crippen LogP contribution >= 0.6 is 23.8 Å². The third-order valence-corrected chi connectivity index (χ3v) is 2.13. The summed E-state index contributed by atoms with van der Waals surface area (Å²) in [5, 5.41) is 2.98. The Kier molecular flexibility index (Phi) is 3.42. The van der Waals surface area contributed by atoms with E-state index in [9.17, 15) is 0 Å². The molecule has 0 amide bonds. The molecule has 1 aromatic carbocycles. The Morgan fingerprint density at radius 2 is 2.33 bits per heavy atom. The van der Waals surface area contributed by atoms with E-state index in [2.05, 4.69) is 22.4 Å². The summed E-state index contributed by atoms with van der Waals surface area (Å²) in [5.74, 6) is 0. The van der Waals surface area contributed by atoms with Crippen molar-refractivity contribution in [3.8, 4) is 0 Å². The number of nitrogens with zero attached hydrogens (tertiary/aromatic N) is 1. The van der Waals surface area contributed by atoms with Gasteiger partial charge in [-0.2, -0.15) is 4.99 Å². The van der Waals surface area contributed by atoms with Crippen LogP contribution in [0.5, 0.6) is 0 Å². The molecule has 0 aliphatic rings. The minimum atomic E-state index is 0.678. The van der Waals surface area contributed by atoms with Crippen LogP contribution in [0, 0.1) is 0 Å². The van der Waals surface area contributed by atoms with Gasteiger partial charge in [0, 0.05) is 0 Å². The van der Waals surface area contributed by atoms with Crippen molar-refractivity contribution in [3.63, 3.8) is 0 Å². The Hall–Kier alpha value is -0.690. The molecule has 0 saturated carbocycles. The summed E-state index contributed by atoms with van der Waals surface area (Å²) < 4.78 is 0. The van der Waals surface area contributed by atoms with Crippen molar-refractivity contribution < 1.29 is 0 Å². The molecule has 0 radical (unpaired) electrons. The Morgan fingerprint density at radius 3 is 2.92 bits per heavy atom. The molecule has 0 aliphatic carbocycles. The van der Waals surface area contributed by atoms with Crippen LogP contribution in [-0.4, -0.2) is 5.16 Å². The Morgan fingerprint density at radius 1 is 1.58 bits per heavy atom. The molecule has 0 unspecified atom stereocenters. The van der Waals surface area contributed by atoms with Gasteiger partial charge in [-0.05, 0) is 30.3 Å². The smallest absolute Gasteiger partial charge is 0.0928 e. The van der Waals surface area contributed by atoms with Crippen molar-refractivity contribution in [2.75, 3.05) is 0 Å². The van der Waals surface area contributed by atoms with E-state index in [4.69, 9.17) is 11.6 Å². The summed E-state index contributed by atoms with van der Waals surface area (Å²) in [5.41, 5.74) is 1.79. The normalized spacial score (nSPS) is 9.17. The third kappa shape index (κ3) is 1.92. The molecule has 12 heavy (non-hydrogen) atoms. The van der Waals surface area contributed by atoms with Crippen molar-refractivity contribution in [1.29, 1.82) is 0 Å². The molecule has 0 atom stereocenters. The lowest BCUT2D eigenvalue weighted by molar-refractivity contribution is 1.14. The molecule has 0 bridgehead atoms. The van der Waals surface area contributed by atoms with Gasteiger partial charge in [0.25, 0.3) is 0 Å². The van der Waals surface area contributed by atoms with Crippen molar-refractivity contribution in [1.82, 2.24) is 0 Å². The van der Waals surface area contributed by atoms with Crippen LogP contribution in [0.1, 0.15) is 12.5 Å². The Balaban J connectivity index is 3.22. The second-order valence-electron chi connectivity index (χ2n) is 2.31. The first kappa shape index (κ1) is 9.40. The van der Waals surface area contributed by atoms with Crippen molar-refractivity contribution in [2.45, 2.75) is 13.3 Å². The number of hydrogen-bond donors (Lipinski definition) is 0. The fourth-order valence-electron chi connectivity index (χ4n) is 0.975. The lowest BCUT2D eigenvalue weighted by Crippen LogP contribution is -1.80. The molecule has 0 aromatic heterocycles. The summed E-state index contributed by atoms with van der Waals surface area (Å²) in [4.78, 5) is 3.85. The molecule has 62 valence electrons. The second kappa shape index (κ2) is 4.36. The minimum Gasteiger partial charge on any atom is -0.193 e. The van der Waals surface area contributed by atoms with Gasteiger partial charge in [0.2, 0.25) is 0 Å². The summed E-state index contributed by atoms with van der Waals surface area (Å²) in [6, 6.07) is 5.71. The maximum absolute atomic E-state index is 6.01. The number of aryl methyl sites for hydroxylation is 1.